The van der Waals surface area contributed by atoms with E-state index in [2.05, 4.69) is 40.7 Å². The van der Waals surface area contributed by atoms with Crippen LogP contribution in [0.4, 0.5) is 14.6 Å². The Labute approximate surface area is 162 Å². The van der Waals surface area contributed by atoms with Crippen molar-refractivity contribution in [1.82, 2.24) is 19.9 Å². The van der Waals surface area contributed by atoms with Crippen LogP contribution in [0.25, 0.3) is 11.0 Å². The van der Waals surface area contributed by atoms with Crippen LogP contribution in [0.3, 0.4) is 0 Å². The van der Waals surface area contributed by atoms with Gasteiger partial charge >= 0.3 is 0 Å². The van der Waals surface area contributed by atoms with Gasteiger partial charge in [-0.25, -0.2) is 18.7 Å². The first-order valence-corrected chi connectivity index (χ1v) is 9.71. The van der Waals surface area contributed by atoms with Crippen LogP contribution in [0, 0.1) is 5.92 Å². The number of nitrogens with one attached hydrogen (secondary N) is 2. The molecule has 1 amide bonds. The molecule has 1 saturated heterocycles. The van der Waals surface area contributed by atoms with Gasteiger partial charge in [0.05, 0.1) is 11.3 Å². The molecule has 0 aromatic carbocycles. The molecule has 2 aromatic rings. The summed E-state index contributed by atoms with van der Waals surface area (Å²) >= 11 is 0. The van der Waals surface area contributed by atoms with E-state index in [1.807, 2.05) is 4.90 Å². The number of anilines is 1. The molecule has 2 aliphatic rings. The first kappa shape index (κ1) is 18.8. The van der Waals surface area contributed by atoms with Gasteiger partial charge in [0.2, 0.25) is 5.91 Å². The van der Waals surface area contributed by atoms with Crippen molar-refractivity contribution in [3.05, 3.63) is 30.7 Å². The summed E-state index contributed by atoms with van der Waals surface area (Å²) in [6.07, 6.45) is 5.97. The lowest BCUT2D eigenvalue weighted by Crippen LogP contribution is -2.52. The number of alkyl halides is 2. The zero-order chi connectivity index (χ0) is 20.1. The predicted molar refractivity (Wildman–Crippen MR) is 103 cm³/mol. The fourth-order valence-electron chi connectivity index (χ4n) is 4.29. The third-order valence-corrected chi connectivity index (χ3v) is 5.90. The molecule has 0 spiro atoms. The molecule has 2 fully saturated rings. The van der Waals surface area contributed by atoms with Gasteiger partial charge in [-0.3, -0.25) is 4.79 Å². The van der Waals surface area contributed by atoms with Crippen LogP contribution >= 0.6 is 0 Å². The summed E-state index contributed by atoms with van der Waals surface area (Å²) < 4.78 is 27.3. The summed E-state index contributed by atoms with van der Waals surface area (Å²) in [6.45, 7) is 8.36. The number of aromatic nitrogens is 3. The number of fused-ring (bicyclic) bond motifs is 1. The van der Waals surface area contributed by atoms with E-state index in [1.165, 1.54) is 12.4 Å². The van der Waals surface area contributed by atoms with Crippen molar-refractivity contribution in [3.8, 4) is 0 Å². The first-order chi connectivity index (χ1) is 13.3. The largest absolute Gasteiger partial charge is 0.365 e. The van der Waals surface area contributed by atoms with E-state index in [0.29, 0.717) is 34.9 Å². The molecule has 3 atom stereocenters. The fourth-order valence-corrected chi connectivity index (χ4v) is 4.29. The number of carbonyl (C=O) groups is 1. The maximum atomic E-state index is 13.6. The van der Waals surface area contributed by atoms with Crippen LogP contribution in [0.1, 0.15) is 44.6 Å². The highest BCUT2D eigenvalue weighted by Crippen LogP contribution is 2.57. The van der Waals surface area contributed by atoms with Crippen LogP contribution in [-0.4, -0.2) is 50.3 Å². The van der Waals surface area contributed by atoms with Crippen molar-refractivity contribution in [2.45, 2.75) is 57.0 Å². The Morgan fingerprint density at radius 1 is 1.43 bits per heavy atom. The number of rotatable bonds is 5. The fraction of sp³-hybridized carbons (Fsp3) is 0.550. The topological polar surface area (TPSA) is 73.9 Å². The summed E-state index contributed by atoms with van der Waals surface area (Å²) in [7, 11) is 0. The molecule has 3 heterocycles. The van der Waals surface area contributed by atoms with Gasteiger partial charge in [-0.1, -0.05) is 20.4 Å². The van der Waals surface area contributed by atoms with Gasteiger partial charge in [-0.15, -0.1) is 0 Å². The molecule has 150 valence electrons. The zero-order valence-corrected chi connectivity index (χ0v) is 16.1. The lowest BCUT2D eigenvalue weighted by Gasteiger charge is -2.41. The zero-order valence-electron chi connectivity index (χ0n) is 16.1. The van der Waals surface area contributed by atoms with E-state index in [4.69, 9.17) is 0 Å². The molecule has 0 unspecified atom stereocenters. The maximum Gasteiger partial charge on any atom is 0.256 e. The molecule has 0 radical (unpaired) electrons. The van der Waals surface area contributed by atoms with Gasteiger partial charge in [0.15, 0.2) is 0 Å². The molecule has 6 nitrogen and oxygen atoms in total. The molecular formula is C20H25F2N5O. The van der Waals surface area contributed by atoms with Crippen molar-refractivity contribution in [2.24, 2.45) is 5.92 Å². The van der Waals surface area contributed by atoms with Gasteiger partial charge in [-0.05, 0) is 30.4 Å². The number of amides is 1. The number of hydrogen-bond acceptors (Lipinski definition) is 4. The van der Waals surface area contributed by atoms with E-state index >= 15 is 0 Å². The Morgan fingerprint density at radius 3 is 2.82 bits per heavy atom. The normalized spacial score (nSPS) is 26.5. The molecule has 2 N–H and O–H groups in total. The minimum atomic E-state index is -2.66. The average Bonchev–Trinajstić information content (AvgIpc) is 3.10. The molecule has 28 heavy (non-hydrogen) atoms. The summed E-state index contributed by atoms with van der Waals surface area (Å²) in [5, 5.41) is 4.01. The predicted octanol–water partition coefficient (Wildman–Crippen LogP) is 3.69. The molecular weight excluding hydrogens is 364 g/mol. The van der Waals surface area contributed by atoms with Gasteiger partial charge in [0.25, 0.3) is 5.92 Å². The SMILES string of the molecule is C=CC(=O)N1C[C@@H](Nc2ncnc3[nH]cc([C@H]4CC4(F)F)c23)CC[C@H]1C(C)C. The van der Waals surface area contributed by atoms with Crippen LogP contribution in [-0.2, 0) is 4.79 Å². The molecule has 4 rings (SSSR count). The third kappa shape index (κ3) is 3.25. The summed E-state index contributed by atoms with van der Waals surface area (Å²) in [6, 6.07) is 0.154. The molecule has 1 aliphatic carbocycles. The monoisotopic (exact) mass is 389 g/mol. The molecule has 0 bridgehead atoms. The molecule has 1 aliphatic heterocycles. The number of halogens is 2. The van der Waals surface area contributed by atoms with Crippen molar-refractivity contribution in [2.75, 3.05) is 11.9 Å². The van der Waals surface area contributed by atoms with Crippen molar-refractivity contribution in [1.29, 1.82) is 0 Å². The highest BCUT2D eigenvalue weighted by atomic mass is 19.3. The number of H-pyrrole nitrogens is 1. The van der Waals surface area contributed by atoms with Crippen molar-refractivity contribution < 1.29 is 13.6 Å². The van der Waals surface area contributed by atoms with E-state index in [-0.39, 0.29) is 24.4 Å². The number of aromatic amines is 1. The molecule has 2 aromatic heterocycles. The molecule has 1 saturated carbocycles. The molecule has 8 heteroatoms. The Morgan fingerprint density at radius 2 is 2.18 bits per heavy atom. The quantitative estimate of drug-likeness (QED) is 0.765. The number of likely N-dealkylation sites (tertiary alicyclic amines) is 1. The van der Waals surface area contributed by atoms with E-state index in [9.17, 15) is 13.6 Å². The average molecular weight is 389 g/mol. The lowest BCUT2D eigenvalue weighted by molar-refractivity contribution is -0.130. The second-order valence-electron chi connectivity index (χ2n) is 8.13. The maximum absolute atomic E-state index is 13.6. The Bertz CT molecular complexity index is 909. The Balaban J connectivity index is 1.59. The smallest absolute Gasteiger partial charge is 0.256 e. The van der Waals surface area contributed by atoms with Gasteiger partial charge in [0.1, 0.15) is 17.8 Å². The third-order valence-electron chi connectivity index (χ3n) is 5.90. The number of hydrogen-bond donors (Lipinski definition) is 2. The van der Waals surface area contributed by atoms with E-state index in [1.54, 1.807) is 6.20 Å². The summed E-state index contributed by atoms with van der Waals surface area (Å²) in [4.78, 5) is 25.7. The van der Waals surface area contributed by atoms with Crippen LogP contribution in [0.2, 0.25) is 0 Å². The number of nitrogens with zero attached hydrogens (tertiary/aromatic N) is 3. The highest BCUT2D eigenvalue weighted by Gasteiger charge is 2.58. The van der Waals surface area contributed by atoms with Crippen molar-refractivity contribution >= 4 is 22.8 Å². The van der Waals surface area contributed by atoms with Gasteiger partial charge in [0, 0.05) is 31.2 Å². The summed E-state index contributed by atoms with van der Waals surface area (Å²) in [5.41, 5.74) is 1.10. The van der Waals surface area contributed by atoms with Gasteiger partial charge in [-0.2, -0.15) is 0 Å². The second kappa shape index (κ2) is 6.83. The number of carbonyl (C=O) groups excluding carboxylic acids is 1. The Hall–Kier alpha value is -2.51. The van der Waals surface area contributed by atoms with Crippen LogP contribution in [0.15, 0.2) is 25.2 Å². The number of piperidine rings is 1. The standard InChI is InChI=1S/C20H25F2N5O/c1-4-16(28)27-9-12(5-6-15(27)11(2)3)26-19-17-13(14-7-20(14,21)22)8-23-18(17)24-10-25-19/h4,8,10-12,14-15H,1,5-7,9H2,2-3H3,(H2,23,24,25,26)/t12-,14+,15-/m0/s1. The lowest BCUT2D eigenvalue weighted by atomic mass is 9.90. The van der Waals surface area contributed by atoms with E-state index < -0.39 is 11.8 Å². The Kier molecular flexibility index (Phi) is 4.59. The van der Waals surface area contributed by atoms with Crippen molar-refractivity contribution in [3.63, 3.8) is 0 Å². The van der Waals surface area contributed by atoms with Crippen LogP contribution in [0.5, 0.6) is 0 Å². The minimum absolute atomic E-state index is 0.0144. The minimum Gasteiger partial charge on any atom is -0.365 e. The highest BCUT2D eigenvalue weighted by molar-refractivity contribution is 5.91. The summed E-state index contributed by atoms with van der Waals surface area (Å²) in [5.74, 6) is -2.64. The first-order valence-electron chi connectivity index (χ1n) is 9.71. The van der Waals surface area contributed by atoms with E-state index in [0.717, 1.165) is 12.8 Å². The van der Waals surface area contributed by atoms with Crippen LogP contribution < -0.4 is 5.32 Å². The van der Waals surface area contributed by atoms with Gasteiger partial charge < -0.3 is 15.2 Å². The second-order valence-corrected chi connectivity index (χ2v) is 8.13.